The van der Waals surface area contributed by atoms with Crippen molar-refractivity contribution in [3.63, 3.8) is 0 Å². The van der Waals surface area contributed by atoms with E-state index in [1.54, 1.807) is 6.92 Å². The Bertz CT molecular complexity index is 863. The minimum atomic E-state index is 0.168. The van der Waals surface area contributed by atoms with Crippen LogP contribution in [0.2, 0.25) is 0 Å². The average Bonchev–Trinajstić information content (AvgIpc) is 2.71. The zero-order valence-corrected chi connectivity index (χ0v) is 15.5. The summed E-state index contributed by atoms with van der Waals surface area (Å²) in [5.74, 6) is 0.335. The number of benzene rings is 3. The molecule has 0 saturated heterocycles. The third-order valence-electron chi connectivity index (χ3n) is 4.56. The summed E-state index contributed by atoms with van der Waals surface area (Å²) in [7, 11) is 0. The molecule has 0 fully saturated rings. The topological polar surface area (TPSA) is 40.5 Å². The van der Waals surface area contributed by atoms with Crippen molar-refractivity contribution in [3.05, 3.63) is 107 Å². The largest absolute Gasteiger partial charge is 0.507 e. The third-order valence-corrected chi connectivity index (χ3v) is 4.56. The number of phenols is 2. The maximum Gasteiger partial charge on any atom is 0.125 e. The van der Waals surface area contributed by atoms with Crippen LogP contribution in [0.5, 0.6) is 11.5 Å². The van der Waals surface area contributed by atoms with E-state index >= 15 is 0 Å². The van der Waals surface area contributed by atoms with Gasteiger partial charge in [-0.15, -0.1) is 0 Å². The standard InChI is InChI=1S/C25H24O2/c1-19-24(26)22(16-8-14-20-10-4-2-5-11-20)18-23(25(19)27)17-9-15-21-12-6-3-7-13-21/h2-15,18,26-27H,16-17H2,1H3/b14-8+,15-9+. The summed E-state index contributed by atoms with van der Waals surface area (Å²) in [5, 5.41) is 20.8. The maximum absolute atomic E-state index is 10.4. The van der Waals surface area contributed by atoms with Crippen LogP contribution in [0.25, 0.3) is 12.2 Å². The normalized spacial score (nSPS) is 11.4. The highest BCUT2D eigenvalue weighted by Crippen LogP contribution is 2.34. The fraction of sp³-hybridized carbons (Fsp3) is 0.120. The number of phenolic OH excluding ortho intramolecular Hbond substituents is 2. The summed E-state index contributed by atoms with van der Waals surface area (Å²) in [6.07, 6.45) is 9.36. The van der Waals surface area contributed by atoms with E-state index in [0.29, 0.717) is 18.4 Å². The molecule has 0 aliphatic rings. The summed E-state index contributed by atoms with van der Waals surface area (Å²) in [4.78, 5) is 0. The molecule has 0 unspecified atom stereocenters. The second-order valence-corrected chi connectivity index (χ2v) is 6.55. The lowest BCUT2D eigenvalue weighted by molar-refractivity contribution is 0.436. The van der Waals surface area contributed by atoms with Crippen molar-refractivity contribution in [2.24, 2.45) is 0 Å². The fourth-order valence-electron chi connectivity index (χ4n) is 3.02. The molecular formula is C25H24O2. The minimum absolute atomic E-state index is 0.168. The Kier molecular flexibility index (Phi) is 6.11. The van der Waals surface area contributed by atoms with Gasteiger partial charge in [0, 0.05) is 5.56 Å². The Labute approximate surface area is 160 Å². The molecule has 0 bridgehead atoms. The van der Waals surface area contributed by atoms with E-state index in [0.717, 1.165) is 22.3 Å². The van der Waals surface area contributed by atoms with E-state index in [1.807, 2.05) is 91.0 Å². The highest BCUT2D eigenvalue weighted by atomic mass is 16.3. The molecular weight excluding hydrogens is 332 g/mol. The molecule has 0 aliphatic carbocycles. The summed E-state index contributed by atoms with van der Waals surface area (Å²) in [5.41, 5.74) is 4.42. The summed E-state index contributed by atoms with van der Waals surface area (Å²) < 4.78 is 0. The maximum atomic E-state index is 10.4. The Balaban J connectivity index is 1.77. The molecule has 0 spiro atoms. The SMILES string of the molecule is Cc1c(O)c(C/C=C/c2ccccc2)cc(C/C=C/c2ccccc2)c1O. The molecule has 0 aliphatic heterocycles. The van der Waals surface area contributed by atoms with Crippen LogP contribution in [0.15, 0.2) is 78.9 Å². The van der Waals surface area contributed by atoms with Crippen LogP contribution in [0.1, 0.15) is 27.8 Å². The van der Waals surface area contributed by atoms with Crippen molar-refractivity contribution >= 4 is 12.2 Å². The van der Waals surface area contributed by atoms with E-state index < -0.39 is 0 Å². The zero-order valence-electron chi connectivity index (χ0n) is 15.5. The molecule has 0 aromatic heterocycles. The molecule has 0 saturated carbocycles. The summed E-state index contributed by atoms with van der Waals surface area (Å²) in [6.45, 7) is 1.75. The third kappa shape index (κ3) is 4.89. The number of hydrogen-bond acceptors (Lipinski definition) is 2. The van der Waals surface area contributed by atoms with E-state index in [9.17, 15) is 10.2 Å². The molecule has 0 atom stereocenters. The molecule has 3 aromatic carbocycles. The van der Waals surface area contributed by atoms with Gasteiger partial charge >= 0.3 is 0 Å². The molecule has 2 heteroatoms. The van der Waals surface area contributed by atoms with Crippen LogP contribution in [0.3, 0.4) is 0 Å². The van der Waals surface area contributed by atoms with E-state index in [-0.39, 0.29) is 11.5 Å². The van der Waals surface area contributed by atoms with Gasteiger partial charge in [-0.2, -0.15) is 0 Å². The fourth-order valence-corrected chi connectivity index (χ4v) is 3.02. The lowest BCUT2D eigenvalue weighted by atomic mass is 9.98. The Morgan fingerprint density at radius 2 is 1.07 bits per heavy atom. The van der Waals surface area contributed by atoms with Crippen LogP contribution in [0, 0.1) is 6.92 Å². The van der Waals surface area contributed by atoms with Gasteiger partial charge in [-0.1, -0.05) is 85.0 Å². The van der Waals surface area contributed by atoms with Gasteiger partial charge in [0.15, 0.2) is 0 Å². The van der Waals surface area contributed by atoms with Crippen molar-refractivity contribution in [2.75, 3.05) is 0 Å². The Morgan fingerprint density at radius 3 is 1.48 bits per heavy atom. The highest BCUT2D eigenvalue weighted by molar-refractivity contribution is 5.56. The number of hydrogen-bond donors (Lipinski definition) is 2. The van der Waals surface area contributed by atoms with E-state index in [4.69, 9.17) is 0 Å². The molecule has 2 N–H and O–H groups in total. The van der Waals surface area contributed by atoms with Crippen molar-refractivity contribution in [2.45, 2.75) is 19.8 Å². The number of rotatable bonds is 6. The molecule has 136 valence electrons. The van der Waals surface area contributed by atoms with Crippen LogP contribution in [-0.4, -0.2) is 10.2 Å². The summed E-state index contributed by atoms with van der Waals surface area (Å²) in [6, 6.07) is 22.0. The minimum Gasteiger partial charge on any atom is -0.507 e. The van der Waals surface area contributed by atoms with Crippen molar-refractivity contribution in [1.29, 1.82) is 0 Å². The molecule has 2 nitrogen and oxygen atoms in total. The number of aromatic hydroxyl groups is 2. The first-order valence-corrected chi connectivity index (χ1v) is 9.11. The predicted octanol–water partition coefficient (Wildman–Crippen LogP) is 5.92. The van der Waals surface area contributed by atoms with Crippen LogP contribution < -0.4 is 0 Å². The van der Waals surface area contributed by atoms with Crippen molar-refractivity contribution < 1.29 is 10.2 Å². The molecule has 3 aromatic rings. The van der Waals surface area contributed by atoms with Crippen molar-refractivity contribution in [3.8, 4) is 11.5 Å². The molecule has 0 heterocycles. The van der Waals surface area contributed by atoms with Crippen LogP contribution in [0.4, 0.5) is 0 Å². The lowest BCUT2D eigenvalue weighted by Gasteiger charge is -2.12. The first-order valence-electron chi connectivity index (χ1n) is 9.11. The zero-order chi connectivity index (χ0) is 19.1. The monoisotopic (exact) mass is 356 g/mol. The molecule has 27 heavy (non-hydrogen) atoms. The predicted molar refractivity (Wildman–Crippen MR) is 113 cm³/mol. The van der Waals surface area contributed by atoms with Crippen LogP contribution in [-0.2, 0) is 12.8 Å². The van der Waals surface area contributed by atoms with Crippen molar-refractivity contribution in [1.82, 2.24) is 0 Å². The lowest BCUT2D eigenvalue weighted by Crippen LogP contribution is -1.93. The van der Waals surface area contributed by atoms with Gasteiger partial charge in [0.2, 0.25) is 0 Å². The Hall–Kier alpha value is -3.26. The van der Waals surface area contributed by atoms with Gasteiger partial charge in [0.05, 0.1) is 0 Å². The molecule has 0 amide bonds. The van der Waals surface area contributed by atoms with E-state index in [1.165, 1.54) is 0 Å². The highest BCUT2D eigenvalue weighted by Gasteiger charge is 2.12. The number of allylic oxidation sites excluding steroid dienone is 2. The Morgan fingerprint density at radius 1 is 0.667 bits per heavy atom. The van der Waals surface area contributed by atoms with E-state index in [2.05, 4.69) is 0 Å². The second kappa shape index (κ2) is 8.91. The second-order valence-electron chi connectivity index (χ2n) is 6.55. The summed E-state index contributed by atoms with van der Waals surface area (Å²) >= 11 is 0. The van der Waals surface area contributed by atoms with Gasteiger partial charge in [0.25, 0.3) is 0 Å². The quantitative estimate of drug-likeness (QED) is 0.576. The van der Waals surface area contributed by atoms with Gasteiger partial charge < -0.3 is 10.2 Å². The molecule has 3 rings (SSSR count). The van der Waals surface area contributed by atoms with Gasteiger partial charge in [-0.25, -0.2) is 0 Å². The molecule has 0 radical (unpaired) electrons. The van der Waals surface area contributed by atoms with Gasteiger partial charge in [-0.3, -0.25) is 0 Å². The van der Waals surface area contributed by atoms with Gasteiger partial charge in [0.1, 0.15) is 11.5 Å². The first kappa shape index (κ1) is 18.5. The first-order chi connectivity index (χ1) is 13.1. The smallest absolute Gasteiger partial charge is 0.125 e. The van der Waals surface area contributed by atoms with Gasteiger partial charge in [-0.05, 0) is 48.1 Å². The van der Waals surface area contributed by atoms with Crippen LogP contribution >= 0.6 is 0 Å². The average molecular weight is 356 g/mol.